The number of nitrogens with one attached hydrogen (secondary N) is 1. The Morgan fingerprint density at radius 1 is 0.955 bits per heavy atom. The fraction of sp³-hybridized carbons (Fsp3) is 0.0938. The molecule has 12 heteroatoms. The van der Waals surface area contributed by atoms with E-state index in [1.807, 2.05) is 0 Å². The van der Waals surface area contributed by atoms with Gasteiger partial charge in [-0.25, -0.2) is 18.5 Å². The van der Waals surface area contributed by atoms with Gasteiger partial charge in [-0.1, -0.05) is 36.4 Å². The summed E-state index contributed by atoms with van der Waals surface area (Å²) in [5, 5.41) is 0.419. The van der Waals surface area contributed by atoms with Crippen molar-refractivity contribution >= 4 is 44.5 Å². The van der Waals surface area contributed by atoms with Gasteiger partial charge in [-0.05, 0) is 66.6 Å². The highest BCUT2D eigenvalue weighted by Gasteiger charge is 2.42. The largest absolute Gasteiger partial charge is 0.463 e. The summed E-state index contributed by atoms with van der Waals surface area (Å²) in [6, 6.07) is 20.5. The maximum atomic E-state index is 14.4. The molecule has 2 heterocycles. The van der Waals surface area contributed by atoms with Gasteiger partial charge in [0.2, 0.25) is 5.89 Å². The third-order valence-corrected chi connectivity index (χ3v) is 9.14. The molecule has 222 valence electrons. The van der Waals surface area contributed by atoms with Gasteiger partial charge >= 0.3 is 10.2 Å². The Bertz CT molecular complexity index is 2180. The van der Waals surface area contributed by atoms with Gasteiger partial charge in [-0.3, -0.25) is 9.59 Å². The number of carbonyl (C=O) groups excluding carboxylic acids is 2. The molecular weight excluding hydrogens is 592 g/mol. The molecule has 6 rings (SSSR count). The Hall–Kier alpha value is -5.20. The highest BCUT2D eigenvalue weighted by Crippen LogP contribution is 2.39. The molecule has 2 aromatic heterocycles. The Morgan fingerprint density at radius 2 is 1.68 bits per heavy atom. The molecule has 44 heavy (non-hydrogen) atoms. The van der Waals surface area contributed by atoms with E-state index >= 15 is 0 Å². The van der Waals surface area contributed by atoms with E-state index in [4.69, 9.17) is 8.83 Å². The molecule has 0 fully saturated rings. The second-order valence-corrected chi connectivity index (χ2v) is 11.9. The maximum Gasteiger partial charge on any atom is 0.304 e. The van der Waals surface area contributed by atoms with Crippen LogP contribution in [0.3, 0.4) is 0 Å². The zero-order chi connectivity index (χ0) is 31.2. The molecule has 1 amide bonds. The lowest BCUT2D eigenvalue weighted by atomic mass is 9.83. The van der Waals surface area contributed by atoms with Crippen LogP contribution in [-0.4, -0.2) is 36.9 Å². The third-order valence-electron chi connectivity index (χ3n) is 7.61. The molecule has 6 aromatic rings. The molecule has 1 unspecified atom stereocenters. The topological polar surface area (TPSA) is 123 Å². The molecule has 0 aliphatic rings. The Balaban J connectivity index is 1.47. The van der Waals surface area contributed by atoms with Crippen LogP contribution in [0.1, 0.15) is 38.8 Å². The van der Waals surface area contributed by atoms with Crippen LogP contribution in [0, 0.1) is 11.6 Å². The lowest BCUT2D eigenvalue weighted by Crippen LogP contribution is -2.51. The van der Waals surface area contributed by atoms with Crippen LogP contribution in [-0.2, 0) is 15.7 Å². The number of rotatable bonds is 8. The van der Waals surface area contributed by atoms with Crippen molar-refractivity contribution in [2.24, 2.45) is 0 Å². The molecule has 1 N–H and O–H groups in total. The number of para-hydroxylation sites is 2. The Labute approximate surface area is 249 Å². The highest BCUT2D eigenvalue weighted by atomic mass is 32.2. The van der Waals surface area contributed by atoms with Gasteiger partial charge in [-0.2, -0.15) is 12.7 Å². The van der Waals surface area contributed by atoms with Crippen LogP contribution in [0.4, 0.5) is 8.78 Å². The van der Waals surface area contributed by atoms with Crippen LogP contribution < -0.4 is 4.72 Å². The number of benzene rings is 4. The fourth-order valence-corrected chi connectivity index (χ4v) is 6.27. The third kappa shape index (κ3) is 4.93. The normalized spacial score (nSPS) is 13.3. The van der Waals surface area contributed by atoms with E-state index in [2.05, 4.69) is 9.71 Å². The van der Waals surface area contributed by atoms with E-state index in [-0.39, 0.29) is 39.2 Å². The summed E-state index contributed by atoms with van der Waals surface area (Å²) < 4.78 is 70.3. The number of aldehydes is 1. The van der Waals surface area contributed by atoms with Gasteiger partial charge in [0.05, 0.1) is 11.1 Å². The van der Waals surface area contributed by atoms with Gasteiger partial charge in [0.15, 0.2) is 11.4 Å². The van der Waals surface area contributed by atoms with Crippen molar-refractivity contribution < 1.29 is 35.6 Å². The first-order chi connectivity index (χ1) is 21.0. The second-order valence-electron chi connectivity index (χ2n) is 10.2. The summed E-state index contributed by atoms with van der Waals surface area (Å²) in [6.07, 6.45) is 1.72. The van der Waals surface area contributed by atoms with E-state index in [1.54, 1.807) is 24.3 Å². The van der Waals surface area contributed by atoms with Gasteiger partial charge in [0.1, 0.15) is 29.5 Å². The van der Waals surface area contributed by atoms with Crippen molar-refractivity contribution in [2.45, 2.75) is 12.5 Å². The monoisotopic (exact) mass is 615 g/mol. The zero-order valence-corrected chi connectivity index (χ0v) is 24.1. The number of oxazole rings is 1. The SMILES string of the molecule is CN(C(C)(c1ccc(F)cc1)c1cc(C=O)cc(-c2nc3c(F)cccc3o2)c1)S(=O)(=O)NC(=O)c1coc2ccccc12. The van der Waals surface area contributed by atoms with E-state index in [1.165, 1.54) is 62.5 Å². The minimum Gasteiger partial charge on any atom is -0.463 e. The number of furan rings is 1. The average molecular weight is 616 g/mol. The number of hydrogen-bond acceptors (Lipinski definition) is 7. The van der Waals surface area contributed by atoms with Crippen LogP contribution >= 0.6 is 0 Å². The van der Waals surface area contributed by atoms with Gasteiger partial charge < -0.3 is 8.83 Å². The average Bonchev–Trinajstić information content (AvgIpc) is 3.66. The highest BCUT2D eigenvalue weighted by molar-refractivity contribution is 7.87. The number of amides is 1. The molecule has 0 aliphatic carbocycles. The number of nitrogens with zero attached hydrogens (tertiary/aromatic N) is 2. The number of fused-ring (bicyclic) bond motifs is 2. The summed E-state index contributed by atoms with van der Waals surface area (Å²) in [6.45, 7) is 1.54. The minimum atomic E-state index is -4.62. The van der Waals surface area contributed by atoms with Gasteiger partial charge in [-0.15, -0.1) is 0 Å². The van der Waals surface area contributed by atoms with E-state index in [9.17, 15) is 26.8 Å². The number of aromatic nitrogens is 1. The van der Waals surface area contributed by atoms with Crippen molar-refractivity contribution in [3.8, 4) is 11.5 Å². The quantitative estimate of drug-likeness (QED) is 0.202. The lowest BCUT2D eigenvalue weighted by molar-refractivity contribution is 0.0978. The van der Waals surface area contributed by atoms with Crippen LogP contribution in [0.2, 0.25) is 0 Å². The zero-order valence-electron chi connectivity index (χ0n) is 23.2. The van der Waals surface area contributed by atoms with Crippen molar-refractivity contribution in [1.82, 2.24) is 14.0 Å². The minimum absolute atomic E-state index is 0.00879. The lowest BCUT2D eigenvalue weighted by Gasteiger charge is -2.39. The standard InChI is InChI=1S/C32H23F2N3O6S/c1-32(21-10-12-23(33)13-11-21,37(2)44(40,41)36-30(39)25-18-42-27-8-4-3-6-24(25)27)22-15-19(17-38)14-20(16-22)31-35-29-26(34)7-5-9-28(29)43-31/h3-18H,1-2H3,(H,36,39). The molecule has 0 radical (unpaired) electrons. The summed E-state index contributed by atoms with van der Waals surface area (Å²) in [5.41, 5.74) is -0.118. The summed E-state index contributed by atoms with van der Waals surface area (Å²) in [5.74, 6) is -2.11. The van der Waals surface area contributed by atoms with Crippen molar-refractivity contribution in [1.29, 1.82) is 0 Å². The smallest absolute Gasteiger partial charge is 0.304 e. The molecule has 0 saturated carbocycles. The van der Waals surface area contributed by atoms with E-state index < -0.39 is 33.3 Å². The molecule has 0 spiro atoms. The van der Waals surface area contributed by atoms with Crippen molar-refractivity contribution in [3.05, 3.63) is 125 Å². The van der Waals surface area contributed by atoms with Crippen molar-refractivity contribution in [3.63, 3.8) is 0 Å². The second kappa shape index (κ2) is 10.8. The number of carbonyl (C=O) groups is 2. The van der Waals surface area contributed by atoms with E-state index in [0.29, 0.717) is 22.8 Å². The molecule has 1 atom stereocenters. The first kappa shape index (κ1) is 28.9. The predicted molar refractivity (Wildman–Crippen MR) is 158 cm³/mol. The molecule has 0 saturated heterocycles. The molecule has 0 aliphatic heterocycles. The summed E-state index contributed by atoms with van der Waals surface area (Å²) >= 11 is 0. The summed E-state index contributed by atoms with van der Waals surface area (Å²) in [4.78, 5) is 29.5. The molecule has 9 nitrogen and oxygen atoms in total. The van der Waals surface area contributed by atoms with Crippen LogP contribution in [0.5, 0.6) is 0 Å². The first-order valence-electron chi connectivity index (χ1n) is 13.2. The predicted octanol–water partition coefficient (Wildman–Crippen LogP) is 6.20. The number of hydrogen-bond donors (Lipinski definition) is 1. The fourth-order valence-electron chi connectivity index (χ4n) is 5.10. The maximum absolute atomic E-state index is 14.4. The van der Waals surface area contributed by atoms with Gasteiger partial charge in [0, 0.05) is 23.6 Å². The Kier molecular flexibility index (Phi) is 7.10. The molecular formula is C32H23F2N3O6S. The van der Waals surface area contributed by atoms with E-state index in [0.717, 1.165) is 22.7 Å². The number of halogens is 2. The Morgan fingerprint density at radius 3 is 2.41 bits per heavy atom. The van der Waals surface area contributed by atoms with Gasteiger partial charge in [0.25, 0.3) is 5.91 Å². The van der Waals surface area contributed by atoms with Crippen LogP contribution in [0.25, 0.3) is 33.5 Å². The first-order valence-corrected chi connectivity index (χ1v) is 14.6. The molecule has 0 bridgehead atoms. The van der Waals surface area contributed by atoms with Crippen LogP contribution in [0.15, 0.2) is 100 Å². The van der Waals surface area contributed by atoms with Crippen molar-refractivity contribution in [2.75, 3.05) is 7.05 Å². The summed E-state index contributed by atoms with van der Waals surface area (Å²) in [7, 11) is -3.38. The molecule has 4 aromatic carbocycles.